The number of aromatic nitrogens is 3. The Bertz CT molecular complexity index is 429. The fraction of sp³-hybridized carbons (Fsp3) is 0.636. The number of nitrogens with zero attached hydrogens (tertiary/aromatic N) is 3. The Balaban J connectivity index is 2.94. The Hall–Kier alpha value is -1.92. The Kier molecular flexibility index (Phi) is 4.41. The number of carbonyl (C=O) groups excluding carboxylic acids is 1. The minimum Gasteiger partial charge on any atom is -0.467 e. The van der Waals surface area contributed by atoms with Crippen molar-refractivity contribution >= 4 is 5.97 Å². The monoisotopic (exact) mass is 255 g/mol. The van der Waals surface area contributed by atoms with Crippen LogP contribution in [0, 0.1) is 5.41 Å². The number of methoxy groups -OCH3 is 1. The summed E-state index contributed by atoms with van der Waals surface area (Å²) in [6.07, 6.45) is 0. The maximum atomic E-state index is 11.7. The van der Waals surface area contributed by atoms with E-state index < -0.39 is 11.4 Å². The summed E-state index contributed by atoms with van der Waals surface area (Å²) in [5.41, 5.74) is -0.647. The molecular formula is C11H17N3O4. The van der Waals surface area contributed by atoms with Gasteiger partial charge in [-0.05, 0) is 27.7 Å². The molecule has 0 amide bonds. The van der Waals surface area contributed by atoms with Crippen LogP contribution >= 0.6 is 0 Å². The van der Waals surface area contributed by atoms with E-state index in [0.29, 0.717) is 6.61 Å². The van der Waals surface area contributed by atoms with Crippen LogP contribution in [0.4, 0.5) is 0 Å². The van der Waals surface area contributed by atoms with Crippen LogP contribution in [0.3, 0.4) is 0 Å². The Labute approximate surface area is 106 Å². The predicted octanol–water partition coefficient (Wildman–Crippen LogP) is 1.23. The smallest absolute Gasteiger partial charge is 0.333 e. The first-order chi connectivity index (χ1) is 8.36. The minimum absolute atomic E-state index is 0.0326. The molecule has 0 bridgehead atoms. The van der Waals surface area contributed by atoms with Crippen molar-refractivity contribution in [2.24, 2.45) is 5.41 Å². The number of hydrogen-bond donors (Lipinski definition) is 0. The average Bonchev–Trinajstić information content (AvgIpc) is 2.27. The molecule has 0 aromatic carbocycles. The van der Waals surface area contributed by atoms with Gasteiger partial charge in [0, 0.05) is 0 Å². The highest BCUT2D eigenvalue weighted by Crippen LogP contribution is 2.19. The number of carbonyl (C=O) groups is 1. The van der Waals surface area contributed by atoms with Crippen molar-refractivity contribution in [2.75, 3.05) is 13.7 Å². The molecule has 0 aliphatic carbocycles. The normalized spacial score (nSPS) is 10.9. The summed E-state index contributed by atoms with van der Waals surface area (Å²) in [5.74, 6) is -0.446. The Morgan fingerprint density at radius 1 is 1.11 bits per heavy atom. The van der Waals surface area contributed by atoms with Crippen LogP contribution in [0.5, 0.6) is 18.0 Å². The summed E-state index contributed by atoms with van der Waals surface area (Å²) >= 11 is 0. The summed E-state index contributed by atoms with van der Waals surface area (Å²) in [5, 5.41) is 0. The first-order valence-corrected chi connectivity index (χ1v) is 5.52. The van der Waals surface area contributed by atoms with E-state index >= 15 is 0 Å². The summed E-state index contributed by atoms with van der Waals surface area (Å²) in [6.45, 7) is 7.38. The summed E-state index contributed by atoms with van der Waals surface area (Å²) < 4.78 is 15.0. The van der Waals surface area contributed by atoms with Crippen LogP contribution in [0.2, 0.25) is 0 Å². The molecule has 0 radical (unpaired) electrons. The predicted molar refractivity (Wildman–Crippen MR) is 62.6 cm³/mol. The van der Waals surface area contributed by atoms with Gasteiger partial charge in [0.25, 0.3) is 0 Å². The second-order valence-corrected chi connectivity index (χ2v) is 4.46. The Morgan fingerprint density at radius 2 is 1.67 bits per heavy atom. The van der Waals surface area contributed by atoms with Gasteiger partial charge in [-0.15, -0.1) is 15.0 Å². The van der Waals surface area contributed by atoms with Crippen molar-refractivity contribution in [1.82, 2.24) is 15.0 Å². The number of hydrogen-bond acceptors (Lipinski definition) is 7. The first-order valence-electron chi connectivity index (χ1n) is 5.52. The van der Waals surface area contributed by atoms with E-state index in [9.17, 15) is 4.79 Å². The van der Waals surface area contributed by atoms with Crippen molar-refractivity contribution in [3.8, 4) is 18.0 Å². The minimum atomic E-state index is -0.647. The van der Waals surface area contributed by atoms with Crippen LogP contribution < -0.4 is 14.2 Å². The van der Waals surface area contributed by atoms with Gasteiger partial charge in [-0.3, -0.25) is 4.79 Å². The van der Waals surface area contributed by atoms with Gasteiger partial charge >= 0.3 is 24.0 Å². The standard InChI is InChI=1S/C11H17N3O4/c1-6-17-9-12-8(16-5)13-10(14-9)18-7(15)11(2,3)4/h6H2,1-5H3. The zero-order chi connectivity index (χ0) is 13.8. The average molecular weight is 255 g/mol. The summed E-state index contributed by atoms with van der Waals surface area (Å²) in [6, 6.07) is -0.0450. The SMILES string of the molecule is CCOc1nc(OC)nc(OC(=O)C(C)(C)C)n1. The molecule has 0 aliphatic rings. The van der Waals surface area contributed by atoms with Gasteiger partial charge in [-0.2, -0.15) is 0 Å². The van der Waals surface area contributed by atoms with E-state index in [2.05, 4.69) is 15.0 Å². The highest BCUT2D eigenvalue weighted by molar-refractivity contribution is 5.77. The van der Waals surface area contributed by atoms with Crippen LogP contribution in [0.15, 0.2) is 0 Å². The van der Waals surface area contributed by atoms with E-state index in [4.69, 9.17) is 14.2 Å². The molecule has 1 aromatic heterocycles. The second kappa shape index (κ2) is 5.61. The van der Waals surface area contributed by atoms with Gasteiger partial charge in [0.1, 0.15) is 0 Å². The molecule has 0 aliphatic heterocycles. The molecule has 0 fully saturated rings. The maximum absolute atomic E-state index is 11.7. The molecule has 1 aromatic rings. The van der Waals surface area contributed by atoms with Crippen molar-refractivity contribution in [2.45, 2.75) is 27.7 Å². The summed E-state index contributed by atoms with van der Waals surface area (Å²) in [7, 11) is 1.40. The van der Waals surface area contributed by atoms with Crippen LogP contribution in [-0.2, 0) is 4.79 Å². The number of ether oxygens (including phenoxy) is 3. The molecule has 7 nitrogen and oxygen atoms in total. The molecule has 0 saturated heterocycles. The second-order valence-electron chi connectivity index (χ2n) is 4.46. The van der Waals surface area contributed by atoms with E-state index in [1.165, 1.54) is 7.11 Å². The third-order valence-corrected chi connectivity index (χ3v) is 1.83. The molecule has 1 rings (SSSR count). The van der Waals surface area contributed by atoms with E-state index in [1.54, 1.807) is 27.7 Å². The lowest BCUT2D eigenvalue weighted by Gasteiger charge is -2.15. The molecule has 7 heteroatoms. The molecular weight excluding hydrogens is 238 g/mol. The third kappa shape index (κ3) is 3.83. The molecule has 18 heavy (non-hydrogen) atoms. The van der Waals surface area contributed by atoms with Crippen molar-refractivity contribution in [1.29, 1.82) is 0 Å². The quantitative estimate of drug-likeness (QED) is 0.748. The van der Waals surface area contributed by atoms with Gasteiger partial charge in [0.2, 0.25) is 0 Å². The van der Waals surface area contributed by atoms with Gasteiger partial charge < -0.3 is 14.2 Å². The fourth-order valence-electron chi connectivity index (χ4n) is 0.887. The van der Waals surface area contributed by atoms with E-state index in [0.717, 1.165) is 0 Å². The largest absolute Gasteiger partial charge is 0.467 e. The van der Waals surface area contributed by atoms with Crippen molar-refractivity contribution in [3.05, 3.63) is 0 Å². The first kappa shape index (κ1) is 14.1. The molecule has 0 saturated carbocycles. The molecule has 100 valence electrons. The van der Waals surface area contributed by atoms with Gasteiger partial charge in [0.15, 0.2) is 0 Å². The molecule has 0 N–H and O–H groups in total. The van der Waals surface area contributed by atoms with Crippen LogP contribution in [0.25, 0.3) is 0 Å². The lowest BCUT2D eigenvalue weighted by molar-refractivity contribution is -0.143. The van der Waals surface area contributed by atoms with Crippen LogP contribution in [-0.4, -0.2) is 34.6 Å². The van der Waals surface area contributed by atoms with Gasteiger partial charge in [-0.25, -0.2) is 0 Å². The number of rotatable bonds is 4. The van der Waals surface area contributed by atoms with Crippen LogP contribution in [0.1, 0.15) is 27.7 Å². The molecule has 0 spiro atoms. The maximum Gasteiger partial charge on any atom is 0.333 e. The highest BCUT2D eigenvalue weighted by Gasteiger charge is 2.25. The van der Waals surface area contributed by atoms with Gasteiger partial charge in [0.05, 0.1) is 19.1 Å². The summed E-state index contributed by atoms with van der Waals surface area (Å²) in [4.78, 5) is 23.2. The van der Waals surface area contributed by atoms with Crippen molar-refractivity contribution < 1.29 is 19.0 Å². The topological polar surface area (TPSA) is 83.4 Å². The fourth-order valence-corrected chi connectivity index (χ4v) is 0.887. The number of esters is 1. The van der Waals surface area contributed by atoms with E-state index in [-0.39, 0.29) is 18.0 Å². The van der Waals surface area contributed by atoms with E-state index in [1.807, 2.05) is 0 Å². The highest BCUT2D eigenvalue weighted by atomic mass is 16.6. The van der Waals surface area contributed by atoms with Crippen molar-refractivity contribution in [3.63, 3.8) is 0 Å². The molecule has 0 unspecified atom stereocenters. The zero-order valence-electron chi connectivity index (χ0n) is 11.2. The zero-order valence-corrected chi connectivity index (χ0v) is 11.2. The molecule has 0 atom stereocenters. The lowest BCUT2D eigenvalue weighted by Crippen LogP contribution is -2.26. The van der Waals surface area contributed by atoms with Gasteiger partial charge in [-0.1, -0.05) is 0 Å². The Morgan fingerprint density at radius 3 is 2.17 bits per heavy atom. The molecule has 1 heterocycles. The third-order valence-electron chi connectivity index (χ3n) is 1.83. The lowest BCUT2D eigenvalue weighted by atomic mass is 9.98.